The van der Waals surface area contributed by atoms with Crippen molar-refractivity contribution in [2.45, 2.75) is 52.0 Å². The molecule has 0 fully saturated rings. The average molecular weight is 262 g/mol. The second-order valence-corrected chi connectivity index (χ2v) is 6.24. The van der Waals surface area contributed by atoms with Gasteiger partial charge >= 0.3 is 0 Å². The molecule has 1 atom stereocenters. The molecule has 0 aliphatic carbocycles. The molecule has 3 nitrogen and oxygen atoms in total. The van der Waals surface area contributed by atoms with E-state index < -0.39 is 5.54 Å². The van der Waals surface area contributed by atoms with Gasteiger partial charge in [-0.1, -0.05) is 52.0 Å². The van der Waals surface area contributed by atoms with Crippen LogP contribution in [0.3, 0.4) is 0 Å². The van der Waals surface area contributed by atoms with E-state index in [9.17, 15) is 4.79 Å². The maximum absolute atomic E-state index is 11.8. The van der Waals surface area contributed by atoms with Gasteiger partial charge in [0.1, 0.15) is 5.54 Å². The summed E-state index contributed by atoms with van der Waals surface area (Å²) in [5.74, 6) is -0.343. The molecule has 0 bridgehead atoms. The van der Waals surface area contributed by atoms with Crippen molar-refractivity contribution in [1.82, 2.24) is 5.32 Å². The number of nitrogens with one attached hydrogen (secondary N) is 1. The SMILES string of the molecule is CCCNC(C)(C(N)=O)c1ccc(C(C)(C)C)cc1. The summed E-state index contributed by atoms with van der Waals surface area (Å²) in [6.45, 7) is 11.2. The molecule has 1 amide bonds. The van der Waals surface area contributed by atoms with E-state index in [1.165, 1.54) is 5.56 Å². The number of amides is 1. The summed E-state index contributed by atoms with van der Waals surface area (Å²) in [4.78, 5) is 11.8. The Kier molecular flexibility index (Phi) is 4.75. The highest BCUT2D eigenvalue weighted by atomic mass is 16.1. The van der Waals surface area contributed by atoms with Gasteiger partial charge in [-0.05, 0) is 36.4 Å². The number of hydrogen-bond donors (Lipinski definition) is 2. The van der Waals surface area contributed by atoms with E-state index >= 15 is 0 Å². The molecule has 1 unspecified atom stereocenters. The first-order valence-corrected chi connectivity index (χ1v) is 6.87. The van der Waals surface area contributed by atoms with Gasteiger partial charge in [0.05, 0.1) is 0 Å². The van der Waals surface area contributed by atoms with E-state index in [0.717, 1.165) is 18.5 Å². The van der Waals surface area contributed by atoms with Gasteiger partial charge in [0, 0.05) is 0 Å². The topological polar surface area (TPSA) is 55.1 Å². The number of carbonyl (C=O) groups excluding carboxylic acids is 1. The predicted molar refractivity (Wildman–Crippen MR) is 80.0 cm³/mol. The minimum Gasteiger partial charge on any atom is -0.368 e. The highest BCUT2D eigenvalue weighted by Crippen LogP contribution is 2.26. The molecular weight excluding hydrogens is 236 g/mol. The van der Waals surface area contributed by atoms with Crippen LogP contribution < -0.4 is 11.1 Å². The zero-order valence-corrected chi connectivity index (χ0v) is 12.7. The van der Waals surface area contributed by atoms with Gasteiger partial charge in [0.2, 0.25) is 5.91 Å². The van der Waals surface area contributed by atoms with Gasteiger partial charge in [-0.2, -0.15) is 0 Å². The third-order valence-electron chi connectivity index (χ3n) is 3.55. The van der Waals surface area contributed by atoms with Gasteiger partial charge in [0.15, 0.2) is 0 Å². The van der Waals surface area contributed by atoms with Crippen LogP contribution >= 0.6 is 0 Å². The lowest BCUT2D eigenvalue weighted by Crippen LogP contribution is -2.50. The minimum absolute atomic E-state index is 0.110. The predicted octanol–water partition coefficient (Wildman–Crippen LogP) is 2.68. The number of hydrogen-bond acceptors (Lipinski definition) is 2. The fraction of sp³-hybridized carbons (Fsp3) is 0.562. The monoisotopic (exact) mass is 262 g/mol. The second-order valence-electron chi connectivity index (χ2n) is 6.24. The molecule has 3 heteroatoms. The Morgan fingerprint density at radius 1 is 1.11 bits per heavy atom. The minimum atomic E-state index is -0.799. The van der Waals surface area contributed by atoms with Crippen molar-refractivity contribution in [1.29, 1.82) is 0 Å². The first kappa shape index (κ1) is 15.7. The molecule has 0 spiro atoms. The fourth-order valence-corrected chi connectivity index (χ4v) is 2.01. The molecule has 0 radical (unpaired) electrons. The van der Waals surface area contributed by atoms with Crippen LogP contribution in [0.4, 0.5) is 0 Å². The van der Waals surface area contributed by atoms with Crippen LogP contribution in [0.15, 0.2) is 24.3 Å². The molecule has 0 heterocycles. The van der Waals surface area contributed by atoms with Crippen LogP contribution in [0.25, 0.3) is 0 Å². The number of primary amides is 1. The maximum Gasteiger partial charge on any atom is 0.242 e. The smallest absolute Gasteiger partial charge is 0.242 e. The van der Waals surface area contributed by atoms with E-state index in [4.69, 9.17) is 5.73 Å². The summed E-state index contributed by atoms with van der Waals surface area (Å²) in [5, 5.41) is 3.25. The Labute approximate surface area is 116 Å². The number of carbonyl (C=O) groups is 1. The van der Waals surface area contributed by atoms with E-state index in [-0.39, 0.29) is 11.3 Å². The van der Waals surface area contributed by atoms with Crippen molar-refractivity contribution >= 4 is 5.91 Å². The second kappa shape index (κ2) is 5.74. The Morgan fingerprint density at radius 2 is 1.58 bits per heavy atom. The summed E-state index contributed by atoms with van der Waals surface area (Å²) >= 11 is 0. The van der Waals surface area contributed by atoms with Gasteiger partial charge < -0.3 is 5.73 Å². The average Bonchev–Trinajstić information content (AvgIpc) is 2.34. The van der Waals surface area contributed by atoms with Crippen LogP contribution in [0.1, 0.15) is 52.2 Å². The van der Waals surface area contributed by atoms with Crippen LogP contribution in [0.2, 0.25) is 0 Å². The van der Waals surface area contributed by atoms with Crippen molar-refractivity contribution < 1.29 is 4.79 Å². The lowest BCUT2D eigenvalue weighted by molar-refractivity contribution is -0.124. The summed E-state index contributed by atoms with van der Waals surface area (Å²) in [6, 6.07) is 8.14. The molecule has 0 aliphatic rings. The number of benzene rings is 1. The van der Waals surface area contributed by atoms with E-state index in [0.29, 0.717) is 0 Å². The van der Waals surface area contributed by atoms with Gasteiger partial charge in [0.25, 0.3) is 0 Å². The molecule has 1 aromatic carbocycles. The van der Waals surface area contributed by atoms with E-state index in [1.54, 1.807) is 0 Å². The molecule has 0 aliphatic heterocycles. The first-order valence-electron chi connectivity index (χ1n) is 6.87. The number of rotatable bonds is 5. The molecule has 0 saturated heterocycles. The molecule has 106 valence electrons. The Bertz CT molecular complexity index is 431. The summed E-state index contributed by atoms with van der Waals surface area (Å²) in [6.07, 6.45) is 0.961. The lowest BCUT2D eigenvalue weighted by Gasteiger charge is -2.29. The van der Waals surface area contributed by atoms with Crippen LogP contribution in [-0.4, -0.2) is 12.5 Å². The first-order chi connectivity index (χ1) is 8.71. The summed E-state index contributed by atoms with van der Waals surface area (Å²) in [5.41, 5.74) is 7.04. The normalized spacial score (nSPS) is 15.0. The van der Waals surface area contributed by atoms with Gasteiger partial charge in [-0.15, -0.1) is 0 Å². The fourth-order valence-electron chi connectivity index (χ4n) is 2.01. The van der Waals surface area contributed by atoms with Crippen molar-refractivity contribution in [2.75, 3.05) is 6.54 Å². The number of nitrogens with two attached hydrogens (primary N) is 1. The van der Waals surface area contributed by atoms with Crippen molar-refractivity contribution in [3.05, 3.63) is 35.4 Å². The molecule has 1 aromatic rings. The van der Waals surface area contributed by atoms with Crippen LogP contribution in [0, 0.1) is 0 Å². The highest BCUT2D eigenvalue weighted by Gasteiger charge is 2.32. The van der Waals surface area contributed by atoms with Crippen LogP contribution in [0.5, 0.6) is 0 Å². The van der Waals surface area contributed by atoms with Gasteiger partial charge in [-0.25, -0.2) is 0 Å². The molecule has 0 saturated carbocycles. The van der Waals surface area contributed by atoms with Crippen molar-refractivity contribution in [2.24, 2.45) is 5.73 Å². The summed E-state index contributed by atoms with van der Waals surface area (Å²) < 4.78 is 0. The molecule has 0 aromatic heterocycles. The van der Waals surface area contributed by atoms with Gasteiger partial charge in [-0.3, -0.25) is 10.1 Å². The van der Waals surface area contributed by atoms with Crippen molar-refractivity contribution in [3.8, 4) is 0 Å². The quantitative estimate of drug-likeness (QED) is 0.857. The zero-order chi connectivity index (χ0) is 14.7. The molecule has 1 rings (SSSR count). The standard InChI is InChI=1S/C16H26N2O/c1-6-11-18-16(5,14(17)19)13-9-7-12(8-10-13)15(2,3)4/h7-10,18H,6,11H2,1-5H3,(H2,17,19). The van der Waals surface area contributed by atoms with Crippen LogP contribution in [-0.2, 0) is 15.7 Å². The van der Waals surface area contributed by atoms with E-state index in [2.05, 4.69) is 45.1 Å². The maximum atomic E-state index is 11.8. The molecule has 19 heavy (non-hydrogen) atoms. The third kappa shape index (κ3) is 3.57. The van der Waals surface area contributed by atoms with Crippen molar-refractivity contribution in [3.63, 3.8) is 0 Å². The van der Waals surface area contributed by atoms with E-state index in [1.807, 2.05) is 19.1 Å². The largest absolute Gasteiger partial charge is 0.368 e. The Balaban J connectivity index is 3.08. The lowest BCUT2D eigenvalue weighted by atomic mass is 9.84. The third-order valence-corrected chi connectivity index (χ3v) is 3.55. The molecular formula is C16H26N2O. The Hall–Kier alpha value is -1.35. The zero-order valence-electron chi connectivity index (χ0n) is 12.7. The Morgan fingerprint density at radius 3 is 1.95 bits per heavy atom. The highest BCUT2D eigenvalue weighted by molar-refractivity contribution is 5.85. The molecule has 3 N–H and O–H groups in total. The summed E-state index contributed by atoms with van der Waals surface area (Å²) in [7, 11) is 0.